The van der Waals surface area contributed by atoms with E-state index in [1.54, 1.807) is 0 Å². The third-order valence-electron chi connectivity index (χ3n) is 4.06. The van der Waals surface area contributed by atoms with E-state index in [0.29, 0.717) is 0 Å². The molecule has 20 heavy (non-hydrogen) atoms. The summed E-state index contributed by atoms with van der Waals surface area (Å²) >= 11 is 7.48. The van der Waals surface area contributed by atoms with Gasteiger partial charge in [0.15, 0.2) is 0 Å². The zero-order chi connectivity index (χ0) is 13.7. The van der Waals surface area contributed by atoms with E-state index in [0.717, 1.165) is 12.8 Å². The molecule has 3 aromatic carbocycles. The van der Waals surface area contributed by atoms with Crippen LogP contribution >= 0.6 is 31.9 Å². The Morgan fingerprint density at radius 1 is 0.800 bits per heavy atom. The smallest absolute Gasteiger partial charge is 0.0260 e. The molecule has 0 saturated carbocycles. The molecule has 0 saturated heterocycles. The second kappa shape index (κ2) is 4.71. The van der Waals surface area contributed by atoms with E-state index in [9.17, 15) is 0 Å². The Kier molecular flexibility index (Phi) is 2.97. The van der Waals surface area contributed by atoms with Gasteiger partial charge in [0.1, 0.15) is 0 Å². The molecule has 0 fully saturated rings. The summed E-state index contributed by atoms with van der Waals surface area (Å²) in [5, 5.41) is 5.30. The van der Waals surface area contributed by atoms with Crippen LogP contribution in [0.5, 0.6) is 0 Å². The molecule has 0 spiro atoms. The van der Waals surface area contributed by atoms with Gasteiger partial charge in [0, 0.05) is 8.95 Å². The molecule has 0 N–H and O–H groups in total. The van der Waals surface area contributed by atoms with Gasteiger partial charge in [-0.3, -0.25) is 0 Å². The van der Waals surface area contributed by atoms with Crippen LogP contribution in [0.2, 0.25) is 0 Å². The van der Waals surface area contributed by atoms with E-state index in [-0.39, 0.29) is 0 Å². The van der Waals surface area contributed by atoms with Crippen LogP contribution in [0.3, 0.4) is 0 Å². The van der Waals surface area contributed by atoms with Crippen LogP contribution in [0.15, 0.2) is 51.4 Å². The molecule has 0 aromatic heterocycles. The van der Waals surface area contributed by atoms with Crippen molar-refractivity contribution in [3.63, 3.8) is 0 Å². The SMILES string of the molecule is Brc1cc2c(cc(Br)c3ccccc32)c2c1C=CCC2. The summed E-state index contributed by atoms with van der Waals surface area (Å²) in [5.41, 5.74) is 2.80. The molecule has 0 unspecified atom stereocenters. The molecule has 4 rings (SSSR count). The highest BCUT2D eigenvalue weighted by Gasteiger charge is 2.15. The predicted molar refractivity (Wildman–Crippen MR) is 94.2 cm³/mol. The zero-order valence-electron chi connectivity index (χ0n) is 10.8. The van der Waals surface area contributed by atoms with Crippen LogP contribution < -0.4 is 0 Å². The highest BCUT2D eigenvalue weighted by atomic mass is 79.9. The number of fused-ring (bicyclic) bond motifs is 5. The van der Waals surface area contributed by atoms with Crippen LogP contribution in [0.25, 0.3) is 27.6 Å². The fourth-order valence-electron chi connectivity index (χ4n) is 3.13. The van der Waals surface area contributed by atoms with Crippen molar-refractivity contribution in [2.45, 2.75) is 12.8 Å². The van der Waals surface area contributed by atoms with Crippen molar-refractivity contribution in [1.29, 1.82) is 0 Å². The standard InChI is InChI=1S/C18H12Br2/c19-17-10-16-12-6-2-4-8-14(12)18(20)9-15(16)11-5-1-3-7-13(11)17/h1,3-5,7-10H,2,6H2. The minimum absolute atomic E-state index is 1.12. The van der Waals surface area contributed by atoms with Gasteiger partial charge in [0.2, 0.25) is 0 Å². The van der Waals surface area contributed by atoms with Crippen molar-refractivity contribution in [3.05, 3.63) is 62.5 Å². The van der Waals surface area contributed by atoms with E-state index < -0.39 is 0 Å². The second-order valence-electron chi connectivity index (χ2n) is 5.19. The summed E-state index contributed by atoms with van der Waals surface area (Å²) in [6.45, 7) is 0. The molecule has 3 aromatic rings. The Morgan fingerprint density at radius 3 is 2.40 bits per heavy atom. The molecule has 0 atom stereocenters. The average Bonchev–Trinajstić information content (AvgIpc) is 2.49. The molecule has 0 bridgehead atoms. The van der Waals surface area contributed by atoms with E-state index in [2.05, 4.69) is 80.4 Å². The Morgan fingerprint density at radius 2 is 1.55 bits per heavy atom. The maximum atomic E-state index is 3.74. The van der Waals surface area contributed by atoms with Crippen molar-refractivity contribution in [3.8, 4) is 0 Å². The van der Waals surface area contributed by atoms with Gasteiger partial charge in [0.25, 0.3) is 0 Å². The summed E-state index contributed by atoms with van der Waals surface area (Å²) < 4.78 is 2.38. The maximum Gasteiger partial charge on any atom is 0.0260 e. The number of aryl methyl sites for hydroxylation is 1. The number of rotatable bonds is 0. The molecule has 1 aliphatic rings. The average molecular weight is 388 g/mol. The minimum Gasteiger partial charge on any atom is -0.0836 e. The lowest BCUT2D eigenvalue weighted by Gasteiger charge is -2.17. The Hall–Kier alpha value is -1.12. The van der Waals surface area contributed by atoms with Gasteiger partial charge in [-0.25, -0.2) is 0 Å². The summed E-state index contributed by atoms with van der Waals surface area (Å²) in [6, 6.07) is 13.1. The van der Waals surface area contributed by atoms with Crippen molar-refractivity contribution in [2.75, 3.05) is 0 Å². The van der Waals surface area contributed by atoms with Crippen LogP contribution in [-0.4, -0.2) is 0 Å². The minimum atomic E-state index is 1.12. The monoisotopic (exact) mass is 386 g/mol. The summed E-state index contributed by atoms with van der Waals surface area (Å²) in [4.78, 5) is 0. The number of halogens is 2. The van der Waals surface area contributed by atoms with Crippen LogP contribution in [-0.2, 0) is 6.42 Å². The Labute approximate surface area is 134 Å². The van der Waals surface area contributed by atoms with Gasteiger partial charge < -0.3 is 0 Å². The van der Waals surface area contributed by atoms with Crippen LogP contribution in [0.4, 0.5) is 0 Å². The van der Waals surface area contributed by atoms with Crippen LogP contribution in [0.1, 0.15) is 17.5 Å². The first-order valence-electron chi connectivity index (χ1n) is 6.74. The van der Waals surface area contributed by atoms with Gasteiger partial charge in [0.05, 0.1) is 0 Å². The lowest BCUT2D eigenvalue weighted by Crippen LogP contribution is -1.97. The first-order valence-corrected chi connectivity index (χ1v) is 8.33. The molecule has 0 amide bonds. The fourth-order valence-corrected chi connectivity index (χ4v) is 4.31. The van der Waals surface area contributed by atoms with Crippen molar-refractivity contribution >= 4 is 59.5 Å². The molecule has 98 valence electrons. The second-order valence-corrected chi connectivity index (χ2v) is 6.90. The van der Waals surface area contributed by atoms with Gasteiger partial charge >= 0.3 is 0 Å². The first kappa shape index (κ1) is 12.6. The predicted octanol–water partition coefficient (Wildman–Crippen LogP) is 6.48. The third kappa shape index (κ3) is 1.78. The topological polar surface area (TPSA) is 0 Å². The van der Waals surface area contributed by atoms with Crippen molar-refractivity contribution < 1.29 is 0 Å². The lowest BCUT2D eigenvalue weighted by molar-refractivity contribution is 0.995. The molecule has 2 heteroatoms. The summed E-state index contributed by atoms with van der Waals surface area (Å²) in [7, 11) is 0. The number of hydrogen-bond donors (Lipinski definition) is 0. The molecule has 0 radical (unpaired) electrons. The van der Waals surface area contributed by atoms with Crippen molar-refractivity contribution in [1.82, 2.24) is 0 Å². The van der Waals surface area contributed by atoms with Crippen LogP contribution in [0, 0.1) is 0 Å². The third-order valence-corrected chi connectivity index (χ3v) is 5.37. The molecule has 0 heterocycles. The largest absolute Gasteiger partial charge is 0.0836 e. The zero-order valence-corrected chi connectivity index (χ0v) is 14.0. The Balaban J connectivity index is 2.26. The van der Waals surface area contributed by atoms with Gasteiger partial charge in [-0.2, -0.15) is 0 Å². The van der Waals surface area contributed by atoms with E-state index >= 15 is 0 Å². The van der Waals surface area contributed by atoms with E-state index in [1.807, 2.05) is 0 Å². The number of hydrogen-bond acceptors (Lipinski definition) is 0. The van der Waals surface area contributed by atoms with E-state index in [4.69, 9.17) is 0 Å². The first-order chi connectivity index (χ1) is 9.75. The van der Waals surface area contributed by atoms with E-state index in [1.165, 1.54) is 41.6 Å². The fraction of sp³-hybridized carbons (Fsp3) is 0.111. The lowest BCUT2D eigenvalue weighted by atomic mass is 9.90. The van der Waals surface area contributed by atoms with Gasteiger partial charge in [-0.1, -0.05) is 68.3 Å². The van der Waals surface area contributed by atoms with Crippen molar-refractivity contribution in [2.24, 2.45) is 0 Å². The summed E-state index contributed by atoms with van der Waals surface area (Å²) in [6.07, 6.45) is 6.75. The quantitative estimate of drug-likeness (QED) is 0.387. The highest BCUT2D eigenvalue weighted by molar-refractivity contribution is 9.11. The number of allylic oxidation sites excluding steroid dienone is 1. The summed E-state index contributed by atoms with van der Waals surface area (Å²) in [5.74, 6) is 0. The van der Waals surface area contributed by atoms with Gasteiger partial charge in [-0.05, 0) is 57.6 Å². The maximum absolute atomic E-state index is 3.74. The Bertz CT molecular complexity index is 876. The molecule has 0 aliphatic heterocycles. The normalized spacial score (nSPS) is 13.9. The molecular formula is C18H12Br2. The van der Waals surface area contributed by atoms with Gasteiger partial charge in [-0.15, -0.1) is 0 Å². The molecule has 1 aliphatic carbocycles. The number of benzene rings is 3. The molecular weight excluding hydrogens is 376 g/mol. The highest BCUT2D eigenvalue weighted by Crippen LogP contribution is 2.39. The molecule has 0 nitrogen and oxygen atoms in total.